The number of aryl methyl sites for hydroxylation is 1. The first-order valence-electron chi connectivity index (χ1n) is 6.34. The molecule has 4 nitrogen and oxygen atoms in total. The van der Waals surface area contributed by atoms with Crippen molar-refractivity contribution in [1.29, 1.82) is 0 Å². The van der Waals surface area contributed by atoms with Crippen LogP contribution in [0.2, 0.25) is 0 Å². The molecular weight excluding hydrogens is 240 g/mol. The number of carbonyl (C=O) groups is 1. The number of nitrogens with two attached hydrogens (primary N) is 1. The van der Waals surface area contributed by atoms with Crippen molar-refractivity contribution in [2.24, 2.45) is 5.73 Å². The van der Waals surface area contributed by atoms with Crippen LogP contribution in [0.25, 0.3) is 0 Å². The molecule has 0 saturated carbocycles. The number of ether oxygens (including phenoxy) is 1. The van der Waals surface area contributed by atoms with Crippen LogP contribution in [-0.2, 0) is 9.53 Å². The number of anilines is 1. The van der Waals surface area contributed by atoms with Crippen molar-refractivity contribution in [2.45, 2.75) is 20.3 Å². The Morgan fingerprint density at radius 3 is 2.89 bits per heavy atom. The highest BCUT2D eigenvalue weighted by molar-refractivity contribution is 5.92. The third-order valence-electron chi connectivity index (χ3n) is 2.42. The van der Waals surface area contributed by atoms with Gasteiger partial charge in [-0.2, -0.15) is 0 Å². The zero-order chi connectivity index (χ0) is 14.1. The number of rotatable bonds is 5. The van der Waals surface area contributed by atoms with Gasteiger partial charge in [0.05, 0.1) is 6.54 Å². The van der Waals surface area contributed by atoms with Crippen LogP contribution in [0.1, 0.15) is 24.5 Å². The summed E-state index contributed by atoms with van der Waals surface area (Å²) in [6.07, 6.45) is 0.904. The van der Waals surface area contributed by atoms with Gasteiger partial charge >= 0.3 is 0 Å². The minimum Gasteiger partial charge on any atom is -0.372 e. The zero-order valence-electron chi connectivity index (χ0n) is 11.5. The second-order valence-electron chi connectivity index (χ2n) is 4.14. The minimum absolute atomic E-state index is 0.0853. The van der Waals surface area contributed by atoms with Crippen molar-refractivity contribution in [3.05, 3.63) is 29.3 Å². The average Bonchev–Trinajstić information content (AvgIpc) is 2.39. The van der Waals surface area contributed by atoms with Gasteiger partial charge in [0.15, 0.2) is 0 Å². The Morgan fingerprint density at radius 1 is 1.47 bits per heavy atom. The predicted octanol–water partition coefficient (Wildman–Crippen LogP) is 1.67. The molecule has 0 radical (unpaired) electrons. The summed E-state index contributed by atoms with van der Waals surface area (Å²) in [5, 5.41) is 2.82. The van der Waals surface area contributed by atoms with Crippen LogP contribution in [-0.4, -0.2) is 25.7 Å². The molecule has 102 valence electrons. The van der Waals surface area contributed by atoms with Crippen molar-refractivity contribution in [3.63, 3.8) is 0 Å². The molecule has 0 aliphatic heterocycles. The van der Waals surface area contributed by atoms with Crippen molar-refractivity contribution in [3.8, 4) is 11.8 Å². The normalized spacial score (nSPS) is 9.63. The fourth-order valence-corrected chi connectivity index (χ4v) is 1.53. The van der Waals surface area contributed by atoms with Gasteiger partial charge in [-0.3, -0.25) is 4.79 Å². The molecule has 0 fully saturated rings. The molecule has 0 atom stereocenters. The summed E-state index contributed by atoms with van der Waals surface area (Å²) in [6, 6.07) is 5.62. The molecule has 1 amide bonds. The third-order valence-corrected chi connectivity index (χ3v) is 2.42. The van der Waals surface area contributed by atoms with Gasteiger partial charge in [0, 0.05) is 17.9 Å². The van der Waals surface area contributed by atoms with Crippen LogP contribution in [0.4, 0.5) is 5.69 Å². The molecule has 1 rings (SSSR count). The molecule has 3 N–H and O–H groups in total. The lowest BCUT2D eigenvalue weighted by Crippen LogP contribution is -2.19. The first-order chi connectivity index (χ1) is 9.17. The summed E-state index contributed by atoms with van der Waals surface area (Å²) < 4.78 is 5.19. The monoisotopic (exact) mass is 260 g/mol. The molecule has 0 aromatic heterocycles. The highest BCUT2D eigenvalue weighted by Crippen LogP contribution is 2.15. The minimum atomic E-state index is -0.141. The van der Waals surface area contributed by atoms with Crippen LogP contribution in [0.3, 0.4) is 0 Å². The Hall–Kier alpha value is -1.83. The van der Waals surface area contributed by atoms with E-state index >= 15 is 0 Å². The van der Waals surface area contributed by atoms with E-state index in [9.17, 15) is 4.79 Å². The van der Waals surface area contributed by atoms with Crippen LogP contribution in [0.5, 0.6) is 0 Å². The van der Waals surface area contributed by atoms with Crippen LogP contribution in [0, 0.1) is 18.8 Å². The summed E-state index contributed by atoms with van der Waals surface area (Å²) in [7, 11) is 0. The number of nitrogens with one attached hydrogen (secondary N) is 1. The lowest BCUT2D eigenvalue weighted by molar-refractivity contribution is -0.120. The first-order valence-corrected chi connectivity index (χ1v) is 6.34. The van der Waals surface area contributed by atoms with Gasteiger partial charge in [-0.1, -0.05) is 18.8 Å². The van der Waals surface area contributed by atoms with Gasteiger partial charge in [-0.25, -0.2) is 0 Å². The molecule has 1 aromatic rings. The summed E-state index contributed by atoms with van der Waals surface area (Å²) in [5.41, 5.74) is 7.96. The van der Waals surface area contributed by atoms with E-state index in [1.165, 1.54) is 0 Å². The van der Waals surface area contributed by atoms with Crippen molar-refractivity contribution < 1.29 is 9.53 Å². The molecule has 0 heterocycles. The number of hydrogen-bond donors (Lipinski definition) is 2. The first kappa shape index (κ1) is 15.2. The van der Waals surface area contributed by atoms with E-state index in [1.54, 1.807) is 0 Å². The number of carbonyl (C=O) groups excluding carboxylic acids is 1. The number of hydrogen-bond acceptors (Lipinski definition) is 3. The lowest BCUT2D eigenvalue weighted by atomic mass is 10.1. The second kappa shape index (κ2) is 8.30. The molecule has 19 heavy (non-hydrogen) atoms. The Bertz CT molecular complexity index is 487. The molecule has 0 bridgehead atoms. The molecular formula is C15H20N2O2. The van der Waals surface area contributed by atoms with E-state index in [0.29, 0.717) is 13.2 Å². The van der Waals surface area contributed by atoms with Gasteiger partial charge < -0.3 is 15.8 Å². The Kier molecular flexibility index (Phi) is 6.65. The summed E-state index contributed by atoms with van der Waals surface area (Å²) in [6.45, 7) is 4.95. The van der Waals surface area contributed by atoms with Crippen molar-refractivity contribution >= 4 is 11.6 Å². The van der Waals surface area contributed by atoms with E-state index < -0.39 is 0 Å². The fourth-order valence-electron chi connectivity index (χ4n) is 1.53. The van der Waals surface area contributed by atoms with Crippen LogP contribution < -0.4 is 11.1 Å². The van der Waals surface area contributed by atoms with E-state index in [4.69, 9.17) is 10.5 Å². The Morgan fingerprint density at radius 2 is 2.26 bits per heavy atom. The zero-order valence-corrected chi connectivity index (χ0v) is 11.5. The number of amides is 1. The lowest BCUT2D eigenvalue weighted by Gasteiger charge is -2.09. The largest absolute Gasteiger partial charge is 0.372 e. The maximum Gasteiger partial charge on any atom is 0.250 e. The second-order valence-corrected chi connectivity index (χ2v) is 4.14. The predicted molar refractivity (Wildman–Crippen MR) is 76.9 cm³/mol. The summed E-state index contributed by atoms with van der Waals surface area (Å²) in [5.74, 6) is 5.61. The summed E-state index contributed by atoms with van der Waals surface area (Å²) >= 11 is 0. The smallest absolute Gasteiger partial charge is 0.250 e. The van der Waals surface area contributed by atoms with Crippen molar-refractivity contribution in [2.75, 3.05) is 25.1 Å². The molecule has 0 saturated heterocycles. The molecule has 1 aromatic carbocycles. The molecule has 0 aliphatic rings. The van der Waals surface area contributed by atoms with Gasteiger partial charge in [0.25, 0.3) is 0 Å². The summed E-state index contributed by atoms with van der Waals surface area (Å²) in [4.78, 5) is 11.6. The molecule has 0 unspecified atom stereocenters. The third kappa shape index (κ3) is 5.56. The van der Waals surface area contributed by atoms with Gasteiger partial charge in [-0.05, 0) is 37.1 Å². The maximum atomic E-state index is 11.6. The Balaban J connectivity index is 2.62. The van der Waals surface area contributed by atoms with Gasteiger partial charge in [0.2, 0.25) is 5.91 Å². The standard InChI is InChI=1S/C15H20N2O2/c1-3-9-19-11-15(18)17-14-7-6-13(5-4-8-16)10-12(14)2/h6-7,10H,3,8-9,11,16H2,1-2H3,(H,17,18). The van der Waals surface area contributed by atoms with E-state index in [-0.39, 0.29) is 12.5 Å². The number of benzene rings is 1. The average molecular weight is 260 g/mol. The topological polar surface area (TPSA) is 64.3 Å². The highest BCUT2D eigenvalue weighted by atomic mass is 16.5. The van der Waals surface area contributed by atoms with E-state index in [2.05, 4.69) is 17.2 Å². The van der Waals surface area contributed by atoms with Crippen LogP contribution in [0.15, 0.2) is 18.2 Å². The maximum absolute atomic E-state index is 11.6. The SMILES string of the molecule is CCCOCC(=O)Nc1ccc(C#CCN)cc1C. The van der Waals surface area contributed by atoms with Crippen molar-refractivity contribution in [1.82, 2.24) is 0 Å². The van der Waals surface area contributed by atoms with Crippen LogP contribution >= 0.6 is 0 Å². The van der Waals surface area contributed by atoms with E-state index in [1.807, 2.05) is 32.0 Å². The molecule has 0 aliphatic carbocycles. The molecule has 4 heteroatoms. The fraction of sp³-hybridized carbons (Fsp3) is 0.400. The van der Waals surface area contributed by atoms with Gasteiger partial charge in [-0.15, -0.1) is 0 Å². The Labute approximate surface area is 114 Å². The quantitative estimate of drug-likeness (QED) is 0.625. The highest BCUT2D eigenvalue weighted by Gasteiger charge is 2.04. The molecule has 0 spiro atoms. The van der Waals surface area contributed by atoms with E-state index in [0.717, 1.165) is 23.2 Å². The van der Waals surface area contributed by atoms with Gasteiger partial charge in [0.1, 0.15) is 6.61 Å².